The molecule has 1 unspecified atom stereocenters. The number of nitrogens with one attached hydrogen (secondary N) is 1. The third kappa shape index (κ3) is 4.19. The minimum absolute atomic E-state index is 0.0296. The van der Waals surface area contributed by atoms with Gasteiger partial charge < -0.3 is 15.0 Å². The Bertz CT molecular complexity index is 1510. The number of aromatic nitrogens is 3. The van der Waals surface area contributed by atoms with E-state index in [1.165, 1.54) is 12.0 Å². The molecule has 0 saturated carbocycles. The number of hydrogen-bond acceptors (Lipinski definition) is 6. The van der Waals surface area contributed by atoms with E-state index < -0.39 is 11.9 Å². The number of esters is 1. The minimum atomic E-state index is -0.599. The molecule has 2 aromatic carbocycles. The molecule has 9 heteroatoms. The van der Waals surface area contributed by atoms with Crippen LogP contribution in [0.2, 0.25) is 0 Å². The fourth-order valence-corrected chi connectivity index (χ4v) is 4.54. The Morgan fingerprint density at radius 1 is 1.06 bits per heavy atom. The first-order valence-corrected chi connectivity index (χ1v) is 11.6. The molecule has 5 rings (SSSR count). The van der Waals surface area contributed by atoms with Crippen LogP contribution in [0.3, 0.4) is 0 Å². The quantitative estimate of drug-likeness (QED) is 0.433. The molecule has 1 aliphatic rings. The van der Waals surface area contributed by atoms with E-state index in [9.17, 15) is 14.4 Å². The van der Waals surface area contributed by atoms with Crippen molar-refractivity contribution in [2.24, 2.45) is 5.92 Å². The monoisotopic (exact) mass is 483 g/mol. The number of carbonyl (C=O) groups is 3. The first-order valence-electron chi connectivity index (χ1n) is 11.6. The summed E-state index contributed by atoms with van der Waals surface area (Å²) in [5.41, 5.74) is 3.30. The first-order chi connectivity index (χ1) is 17.4. The number of hydrogen-bond donors (Lipinski definition) is 1. The Morgan fingerprint density at radius 2 is 1.81 bits per heavy atom. The van der Waals surface area contributed by atoms with Crippen molar-refractivity contribution >= 4 is 40.2 Å². The number of ether oxygens (including phenoxy) is 1. The second-order valence-electron chi connectivity index (χ2n) is 8.80. The van der Waals surface area contributed by atoms with Crippen LogP contribution in [0.15, 0.2) is 60.7 Å². The molecule has 0 radical (unpaired) electrons. The predicted molar refractivity (Wildman–Crippen MR) is 135 cm³/mol. The van der Waals surface area contributed by atoms with E-state index in [1.807, 2.05) is 44.2 Å². The van der Waals surface area contributed by atoms with Crippen molar-refractivity contribution in [3.05, 3.63) is 77.5 Å². The highest BCUT2D eigenvalue weighted by Crippen LogP contribution is 2.30. The molecule has 1 saturated heterocycles. The minimum Gasteiger partial charge on any atom is -0.465 e. The zero-order valence-corrected chi connectivity index (χ0v) is 20.2. The van der Waals surface area contributed by atoms with Gasteiger partial charge in [0.25, 0.3) is 0 Å². The Morgan fingerprint density at radius 3 is 2.61 bits per heavy atom. The fraction of sp³-hybridized carbons (Fsp3) is 0.222. The van der Waals surface area contributed by atoms with E-state index >= 15 is 0 Å². The summed E-state index contributed by atoms with van der Waals surface area (Å²) in [5, 5.41) is 8.52. The van der Waals surface area contributed by atoms with Gasteiger partial charge >= 0.3 is 5.97 Å². The normalized spacial score (nSPS) is 15.4. The molecule has 182 valence electrons. The maximum atomic E-state index is 13.2. The summed E-state index contributed by atoms with van der Waals surface area (Å²) in [6, 6.07) is 18.3. The van der Waals surface area contributed by atoms with Gasteiger partial charge in [0, 0.05) is 24.4 Å². The number of anilines is 2. The van der Waals surface area contributed by atoms with Crippen molar-refractivity contribution in [2.75, 3.05) is 23.9 Å². The van der Waals surface area contributed by atoms with Crippen molar-refractivity contribution in [1.29, 1.82) is 0 Å². The molecule has 1 atom stereocenters. The Hall–Kier alpha value is -4.53. The van der Waals surface area contributed by atoms with E-state index in [-0.39, 0.29) is 30.3 Å². The average molecular weight is 484 g/mol. The van der Waals surface area contributed by atoms with Gasteiger partial charge in [0.1, 0.15) is 5.82 Å². The predicted octanol–water partition coefficient (Wildman–Crippen LogP) is 3.82. The van der Waals surface area contributed by atoms with Crippen molar-refractivity contribution in [2.45, 2.75) is 20.3 Å². The molecular weight excluding hydrogens is 458 g/mol. The van der Waals surface area contributed by atoms with Crippen molar-refractivity contribution in [1.82, 2.24) is 14.8 Å². The Balaban J connectivity index is 1.40. The van der Waals surface area contributed by atoms with Gasteiger partial charge in [0.15, 0.2) is 5.82 Å². The van der Waals surface area contributed by atoms with Gasteiger partial charge in [-0.2, -0.15) is 9.78 Å². The number of carbonyl (C=O) groups excluding carboxylic acids is 3. The zero-order chi connectivity index (χ0) is 25.4. The number of nitrogens with zero attached hydrogens (tertiary/aromatic N) is 4. The Kier molecular flexibility index (Phi) is 5.97. The number of pyridine rings is 1. The van der Waals surface area contributed by atoms with Gasteiger partial charge in [-0.15, -0.1) is 0 Å². The number of aryl methyl sites for hydroxylation is 2. The summed E-state index contributed by atoms with van der Waals surface area (Å²) >= 11 is 0. The lowest BCUT2D eigenvalue weighted by Crippen LogP contribution is -2.29. The van der Waals surface area contributed by atoms with Crippen LogP contribution in [0.5, 0.6) is 0 Å². The van der Waals surface area contributed by atoms with Crippen LogP contribution in [0.1, 0.15) is 28.0 Å². The molecule has 0 aliphatic carbocycles. The first kappa shape index (κ1) is 23.2. The molecule has 1 N–H and O–H groups in total. The number of rotatable bonds is 5. The lowest BCUT2D eigenvalue weighted by molar-refractivity contribution is -0.122. The van der Waals surface area contributed by atoms with Gasteiger partial charge in [-0.3, -0.25) is 9.59 Å². The number of amides is 2. The lowest BCUT2D eigenvalue weighted by atomic mass is 10.1. The lowest BCUT2D eigenvalue weighted by Gasteiger charge is -2.19. The molecule has 4 aromatic rings. The number of fused-ring (bicyclic) bond motifs is 1. The van der Waals surface area contributed by atoms with Gasteiger partial charge in [0.05, 0.1) is 35.5 Å². The fourth-order valence-electron chi connectivity index (χ4n) is 4.54. The highest BCUT2D eigenvalue weighted by molar-refractivity contribution is 6.07. The Labute approximate surface area is 207 Å². The third-order valence-electron chi connectivity index (χ3n) is 6.31. The number of para-hydroxylation sites is 2. The molecule has 3 heterocycles. The van der Waals surface area contributed by atoms with Crippen LogP contribution in [0.4, 0.5) is 11.5 Å². The van der Waals surface area contributed by atoms with Crippen LogP contribution in [-0.2, 0) is 14.3 Å². The van der Waals surface area contributed by atoms with E-state index in [0.29, 0.717) is 23.0 Å². The molecular formula is C27H25N5O4. The largest absolute Gasteiger partial charge is 0.465 e. The molecule has 9 nitrogen and oxygen atoms in total. The smallest absolute Gasteiger partial charge is 0.339 e. The molecule has 1 fully saturated rings. The van der Waals surface area contributed by atoms with Gasteiger partial charge in [0.2, 0.25) is 11.8 Å². The van der Waals surface area contributed by atoms with Gasteiger partial charge in [-0.1, -0.05) is 30.3 Å². The molecule has 1 aliphatic heterocycles. The molecule has 36 heavy (non-hydrogen) atoms. The average Bonchev–Trinajstić information content (AvgIpc) is 3.45. The summed E-state index contributed by atoms with van der Waals surface area (Å²) < 4.78 is 6.45. The summed E-state index contributed by atoms with van der Waals surface area (Å²) in [4.78, 5) is 44.4. The summed E-state index contributed by atoms with van der Waals surface area (Å²) in [5.74, 6) is -0.614. The van der Waals surface area contributed by atoms with Gasteiger partial charge in [-0.25, -0.2) is 9.78 Å². The van der Waals surface area contributed by atoms with Crippen LogP contribution < -0.4 is 10.2 Å². The molecule has 2 amide bonds. The summed E-state index contributed by atoms with van der Waals surface area (Å²) in [6.45, 7) is 4.00. The SMILES string of the molecule is COC(=O)c1ccccc1N1CC(C(=O)Nc2cc(C)nn2-c2cc(C)c3ccccc3n2)CC1=O. The highest BCUT2D eigenvalue weighted by Gasteiger charge is 2.37. The van der Waals surface area contributed by atoms with Crippen LogP contribution in [0, 0.1) is 19.8 Å². The highest BCUT2D eigenvalue weighted by atomic mass is 16.5. The van der Waals surface area contributed by atoms with Crippen LogP contribution >= 0.6 is 0 Å². The van der Waals surface area contributed by atoms with Crippen molar-refractivity contribution in [3.8, 4) is 5.82 Å². The summed E-state index contributed by atoms with van der Waals surface area (Å²) in [6.07, 6.45) is 0.0296. The van der Waals surface area contributed by atoms with Crippen molar-refractivity contribution in [3.63, 3.8) is 0 Å². The third-order valence-corrected chi connectivity index (χ3v) is 6.31. The molecule has 0 spiro atoms. The topological polar surface area (TPSA) is 106 Å². The van der Waals surface area contributed by atoms with Crippen LogP contribution in [0.25, 0.3) is 16.7 Å². The number of benzene rings is 2. The second-order valence-corrected chi connectivity index (χ2v) is 8.80. The zero-order valence-electron chi connectivity index (χ0n) is 20.2. The second kappa shape index (κ2) is 9.26. The summed E-state index contributed by atoms with van der Waals surface area (Å²) in [7, 11) is 1.29. The maximum absolute atomic E-state index is 13.2. The molecule has 0 bridgehead atoms. The van der Waals surface area contributed by atoms with E-state index in [4.69, 9.17) is 9.72 Å². The standard InChI is InChI=1S/C27H25N5O4/c1-16-12-23(28-21-10-6-4-8-19(16)21)32-24(13-17(2)30-32)29-26(34)18-14-25(33)31(15-18)22-11-7-5-9-20(22)27(35)36-3/h4-13,18H,14-15H2,1-3H3,(H,29,34). The van der Waals surface area contributed by atoms with Crippen LogP contribution in [-0.4, -0.2) is 46.2 Å². The number of methoxy groups -OCH3 is 1. The van der Waals surface area contributed by atoms with Gasteiger partial charge in [-0.05, 0) is 43.7 Å². The van der Waals surface area contributed by atoms with E-state index in [0.717, 1.165) is 16.5 Å². The molecule has 2 aromatic heterocycles. The van der Waals surface area contributed by atoms with E-state index in [2.05, 4.69) is 10.4 Å². The van der Waals surface area contributed by atoms with E-state index in [1.54, 1.807) is 35.0 Å². The van der Waals surface area contributed by atoms with Crippen molar-refractivity contribution < 1.29 is 19.1 Å². The maximum Gasteiger partial charge on any atom is 0.339 e.